The molecule has 0 aromatic rings. The summed E-state index contributed by atoms with van der Waals surface area (Å²) in [5.74, 6) is -1.57. The van der Waals surface area contributed by atoms with Gasteiger partial charge in [-0.3, -0.25) is 9.59 Å². The zero-order valence-corrected chi connectivity index (χ0v) is 9.97. The van der Waals surface area contributed by atoms with Crippen molar-refractivity contribution in [2.24, 2.45) is 17.6 Å². The maximum absolute atomic E-state index is 12.2. The number of nitrogens with zero attached hydrogens (tertiary/aromatic N) is 1. The Morgan fingerprint density at radius 2 is 1.65 bits per heavy atom. The summed E-state index contributed by atoms with van der Waals surface area (Å²) in [4.78, 5) is 25.1. The van der Waals surface area contributed by atoms with E-state index in [2.05, 4.69) is 0 Å². The Kier molecular flexibility index (Phi) is 3.66. The standard InChI is InChI=1S/C12H20N2O3/c13-8-4-6-14(7-5-8)11(15)9-2-1-3-10(9)12(16)17/h8-10H,1-7,13H2,(H,16,17)/t9-,10+/m1/s1. The fraction of sp³-hybridized carbons (Fsp3) is 0.833. The normalized spacial score (nSPS) is 30.5. The van der Waals surface area contributed by atoms with Gasteiger partial charge in [-0.05, 0) is 25.7 Å². The maximum Gasteiger partial charge on any atom is 0.307 e. The summed E-state index contributed by atoms with van der Waals surface area (Å²) in [5.41, 5.74) is 5.79. The van der Waals surface area contributed by atoms with Crippen molar-refractivity contribution in [3.63, 3.8) is 0 Å². The van der Waals surface area contributed by atoms with Crippen LogP contribution in [0.5, 0.6) is 0 Å². The molecule has 1 saturated heterocycles. The third-order valence-electron chi connectivity index (χ3n) is 4.00. The molecule has 1 saturated carbocycles. The molecule has 1 amide bonds. The first-order valence-electron chi connectivity index (χ1n) is 6.36. The van der Waals surface area contributed by atoms with E-state index in [9.17, 15) is 9.59 Å². The minimum absolute atomic E-state index is 0.0294. The Bertz CT molecular complexity index is 311. The summed E-state index contributed by atoms with van der Waals surface area (Å²) in [7, 11) is 0. The third kappa shape index (κ3) is 2.60. The molecular weight excluding hydrogens is 220 g/mol. The van der Waals surface area contributed by atoms with Gasteiger partial charge in [0, 0.05) is 19.1 Å². The van der Waals surface area contributed by atoms with Gasteiger partial charge in [0.1, 0.15) is 0 Å². The fourth-order valence-corrected chi connectivity index (χ4v) is 2.91. The van der Waals surface area contributed by atoms with Crippen molar-refractivity contribution in [3.05, 3.63) is 0 Å². The second-order valence-electron chi connectivity index (χ2n) is 5.14. The lowest BCUT2D eigenvalue weighted by atomic mass is 9.93. The molecule has 1 heterocycles. The molecule has 0 radical (unpaired) electrons. The number of rotatable bonds is 2. The van der Waals surface area contributed by atoms with Gasteiger partial charge in [0.15, 0.2) is 0 Å². The van der Waals surface area contributed by atoms with Crippen LogP contribution < -0.4 is 5.73 Å². The largest absolute Gasteiger partial charge is 0.481 e. The summed E-state index contributed by atoms with van der Waals surface area (Å²) in [6.45, 7) is 1.37. The van der Waals surface area contributed by atoms with E-state index in [1.54, 1.807) is 4.90 Å². The van der Waals surface area contributed by atoms with Crippen molar-refractivity contribution in [1.29, 1.82) is 0 Å². The molecular formula is C12H20N2O3. The number of carbonyl (C=O) groups excluding carboxylic acids is 1. The van der Waals surface area contributed by atoms with Gasteiger partial charge >= 0.3 is 5.97 Å². The van der Waals surface area contributed by atoms with Gasteiger partial charge in [0.25, 0.3) is 0 Å². The number of piperidine rings is 1. The van der Waals surface area contributed by atoms with Crippen molar-refractivity contribution in [2.45, 2.75) is 38.1 Å². The van der Waals surface area contributed by atoms with Crippen LogP contribution in [-0.2, 0) is 9.59 Å². The van der Waals surface area contributed by atoms with E-state index >= 15 is 0 Å². The number of nitrogens with two attached hydrogens (primary N) is 1. The Hall–Kier alpha value is -1.10. The molecule has 2 aliphatic rings. The number of hydrogen-bond acceptors (Lipinski definition) is 3. The van der Waals surface area contributed by atoms with Gasteiger partial charge in [-0.1, -0.05) is 6.42 Å². The highest BCUT2D eigenvalue weighted by atomic mass is 16.4. The predicted molar refractivity (Wildman–Crippen MR) is 62.3 cm³/mol. The van der Waals surface area contributed by atoms with Gasteiger partial charge in [-0.15, -0.1) is 0 Å². The van der Waals surface area contributed by atoms with Gasteiger partial charge in [-0.2, -0.15) is 0 Å². The van der Waals surface area contributed by atoms with E-state index in [0.29, 0.717) is 19.5 Å². The lowest BCUT2D eigenvalue weighted by Gasteiger charge is -2.32. The molecule has 1 aliphatic carbocycles. The van der Waals surface area contributed by atoms with Crippen LogP contribution in [0.15, 0.2) is 0 Å². The van der Waals surface area contributed by atoms with E-state index < -0.39 is 11.9 Å². The zero-order valence-electron chi connectivity index (χ0n) is 9.97. The van der Waals surface area contributed by atoms with Crippen LogP contribution in [0.4, 0.5) is 0 Å². The van der Waals surface area contributed by atoms with E-state index in [-0.39, 0.29) is 17.9 Å². The summed E-state index contributed by atoms with van der Waals surface area (Å²) in [6.07, 6.45) is 3.87. The van der Waals surface area contributed by atoms with E-state index in [0.717, 1.165) is 25.7 Å². The molecule has 2 rings (SSSR count). The Balaban J connectivity index is 1.97. The van der Waals surface area contributed by atoms with E-state index in [1.165, 1.54) is 0 Å². The predicted octanol–water partition coefficient (Wildman–Crippen LogP) is 0.437. The van der Waals surface area contributed by atoms with Crippen LogP contribution in [0.25, 0.3) is 0 Å². The van der Waals surface area contributed by atoms with Crippen LogP contribution in [0, 0.1) is 11.8 Å². The molecule has 3 N–H and O–H groups in total. The number of amides is 1. The van der Waals surface area contributed by atoms with Gasteiger partial charge in [-0.25, -0.2) is 0 Å². The molecule has 0 aromatic carbocycles. The minimum atomic E-state index is -0.824. The first-order valence-corrected chi connectivity index (χ1v) is 6.36. The molecule has 0 unspecified atom stereocenters. The molecule has 1 aliphatic heterocycles. The van der Waals surface area contributed by atoms with Crippen LogP contribution >= 0.6 is 0 Å². The van der Waals surface area contributed by atoms with Crippen molar-refractivity contribution in [3.8, 4) is 0 Å². The monoisotopic (exact) mass is 240 g/mol. The quantitative estimate of drug-likeness (QED) is 0.733. The molecule has 96 valence electrons. The number of carboxylic acids is 1. The van der Waals surface area contributed by atoms with Crippen molar-refractivity contribution in [2.75, 3.05) is 13.1 Å². The average Bonchev–Trinajstić information content (AvgIpc) is 2.78. The van der Waals surface area contributed by atoms with Crippen LogP contribution in [0.3, 0.4) is 0 Å². The smallest absolute Gasteiger partial charge is 0.307 e. The fourth-order valence-electron chi connectivity index (χ4n) is 2.91. The number of likely N-dealkylation sites (tertiary alicyclic amines) is 1. The topological polar surface area (TPSA) is 83.6 Å². The lowest BCUT2D eigenvalue weighted by Crippen LogP contribution is -2.46. The van der Waals surface area contributed by atoms with Crippen LogP contribution in [0.1, 0.15) is 32.1 Å². The SMILES string of the molecule is NC1CCN(C(=O)[C@@H]2CCC[C@@H]2C(=O)O)CC1. The summed E-state index contributed by atoms with van der Waals surface area (Å²) in [6, 6.07) is 0.192. The highest BCUT2D eigenvalue weighted by molar-refractivity contribution is 5.85. The number of carboxylic acid groups (broad SMARTS) is 1. The first-order chi connectivity index (χ1) is 8.09. The van der Waals surface area contributed by atoms with E-state index in [1.807, 2.05) is 0 Å². The Labute approximate surface area is 101 Å². The van der Waals surface area contributed by atoms with Crippen molar-refractivity contribution < 1.29 is 14.7 Å². The second-order valence-corrected chi connectivity index (χ2v) is 5.14. The molecule has 0 bridgehead atoms. The lowest BCUT2D eigenvalue weighted by molar-refractivity contribution is -0.149. The highest BCUT2D eigenvalue weighted by Gasteiger charge is 2.40. The third-order valence-corrected chi connectivity index (χ3v) is 4.00. The molecule has 2 atom stereocenters. The second kappa shape index (κ2) is 5.04. The highest BCUT2D eigenvalue weighted by Crippen LogP contribution is 2.33. The van der Waals surface area contributed by atoms with Crippen molar-refractivity contribution in [1.82, 2.24) is 4.90 Å². The molecule has 5 heteroatoms. The minimum Gasteiger partial charge on any atom is -0.481 e. The van der Waals surface area contributed by atoms with Crippen LogP contribution in [0.2, 0.25) is 0 Å². The van der Waals surface area contributed by atoms with Gasteiger partial charge in [0.2, 0.25) is 5.91 Å². The molecule has 0 spiro atoms. The zero-order chi connectivity index (χ0) is 12.4. The maximum atomic E-state index is 12.2. The van der Waals surface area contributed by atoms with Gasteiger partial charge < -0.3 is 15.7 Å². The summed E-state index contributed by atoms with van der Waals surface area (Å²) >= 11 is 0. The molecule has 0 aromatic heterocycles. The summed E-state index contributed by atoms with van der Waals surface area (Å²) in [5, 5.41) is 9.08. The number of carbonyl (C=O) groups is 2. The number of aliphatic carboxylic acids is 1. The number of hydrogen-bond donors (Lipinski definition) is 2. The van der Waals surface area contributed by atoms with Crippen LogP contribution in [-0.4, -0.2) is 41.0 Å². The first kappa shape index (κ1) is 12.4. The van der Waals surface area contributed by atoms with E-state index in [4.69, 9.17) is 10.8 Å². The Morgan fingerprint density at radius 1 is 1.06 bits per heavy atom. The summed E-state index contributed by atoms with van der Waals surface area (Å²) < 4.78 is 0. The Morgan fingerprint density at radius 3 is 2.24 bits per heavy atom. The average molecular weight is 240 g/mol. The van der Waals surface area contributed by atoms with Gasteiger partial charge in [0.05, 0.1) is 11.8 Å². The molecule has 2 fully saturated rings. The van der Waals surface area contributed by atoms with Crippen molar-refractivity contribution >= 4 is 11.9 Å². The molecule has 17 heavy (non-hydrogen) atoms. The molecule has 5 nitrogen and oxygen atoms in total.